The third kappa shape index (κ3) is 3.64. The molecule has 0 aromatic heterocycles. The van der Waals surface area contributed by atoms with Crippen LogP contribution in [0.5, 0.6) is 0 Å². The summed E-state index contributed by atoms with van der Waals surface area (Å²) >= 11 is 5.82. The van der Waals surface area contributed by atoms with Gasteiger partial charge >= 0.3 is 5.97 Å². The highest BCUT2D eigenvalue weighted by Crippen LogP contribution is 2.26. The van der Waals surface area contributed by atoms with E-state index < -0.39 is 11.5 Å². The van der Waals surface area contributed by atoms with Crippen molar-refractivity contribution in [3.05, 3.63) is 29.3 Å². The van der Waals surface area contributed by atoms with E-state index in [9.17, 15) is 9.90 Å². The van der Waals surface area contributed by atoms with Gasteiger partial charge in [-0.05, 0) is 37.1 Å². The van der Waals surface area contributed by atoms with Gasteiger partial charge in [0.1, 0.15) is 5.54 Å². The summed E-state index contributed by atoms with van der Waals surface area (Å²) in [5.74, 6) is -0.798. The molecule has 3 nitrogen and oxygen atoms in total. The molecule has 1 aromatic rings. The highest BCUT2D eigenvalue weighted by atomic mass is 35.5. The minimum atomic E-state index is -0.885. The number of carbonyl (C=O) groups is 1. The normalized spacial score (nSPS) is 13.9. The zero-order valence-corrected chi connectivity index (χ0v) is 11.6. The number of aliphatic carboxylic acids is 1. The van der Waals surface area contributed by atoms with Crippen molar-refractivity contribution in [3.63, 3.8) is 0 Å². The minimum absolute atomic E-state index is 0.547. The first-order chi connectivity index (χ1) is 8.54. The second-order valence-electron chi connectivity index (χ2n) is 4.48. The van der Waals surface area contributed by atoms with E-state index in [2.05, 4.69) is 12.2 Å². The smallest absolute Gasteiger partial charge is 0.329 e. The molecule has 18 heavy (non-hydrogen) atoms. The Hall–Kier alpha value is -1.22. The summed E-state index contributed by atoms with van der Waals surface area (Å²) in [5, 5.41) is 13.3. The molecule has 1 aromatic carbocycles. The molecule has 0 spiro atoms. The van der Waals surface area contributed by atoms with Crippen LogP contribution in [0.1, 0.15) is 39.5 Å². The van der Waals surface area contributed by atoms with E-state index in [-0.39, 0.29) is 0 Å². The zero-order chi connectivity index (χ0) is 13.6. The molecule has 0 aliphatic heterocycles. The molecule has 0 heterocycles. The fraction of sp³-hybridized carbons (Fsp3) is 0.500. The third-order valence-electron chi connectivity index (χ3n) is 3.20. The molecule has 100 valence electrons. The van der Waals surface area contributed by atoms with Crippen LogP contribution in [0.25, 0.3) is 0 Å². The van der Waals surface area contributed by atoms with Crippen molar-refractivity contribution >= 4 is 23.3 Å². The van der Waals surface area contributed by atoms with Crippen molar-refractivity contribution in [1.29, 1.82) is 0 Å². The number of halogens is 1. The first-order valence-corrected chi connectivity index (χ1v) is 6.69. The highest BCUT2D eigenvalue weighted by Gasteiger charge is 2.35. The maximum Gasteiger partial charge on any atom is 0.329 e. The maximum atomic E-state index is 11.5. The summed E-state index contributed by atoms with van der Waals surface area (Å²) < 4.78 is 0. The lowest BCUT2D eigenvalue weighted by atomic mass is 9.89. The van der Waals surface area contributed by atoms with Crippen molar-refractivity contribution in [2.75, 3.05) is 5.32 Å². The average Bonchev–Trinajstić information content (AvgIpc) is 2.36. The fourth-order valence-corrected chi connectivity index (χ4v) is 2.05. The minimum Gasteiger partial charge on any atom is -0.480 e. The van der Waals surface area contributed by atoms with Crippen LogP contribution >= 0.6 is 11.6 Å². The number of hydrogen-bond donors (Lipinski definition) is 2. The van der Waals surface area contributed by atoms with Crippen molar-refractivity contribution in [3.8, 4) is 0 Å². The van der Waals surface area contributed by atoms with E-state index in [4.69, 9.17) is 11.6 Å². The number of hydrogen-bond acceptors (Lipinski definition) is 2. The molecule has 1 rings (SSSR count). The third-order valence-corrected chi connectivity index (χ3v) is 3.45. The van der Waals surface area contributed by atoms with Gasteiger partial charge in [-0.1, -0.05) is 38.3 Å². The molecule has 1 atom stereocenters. The van der Waals surface area contributed by atoms with Gasteiger partial charge in [0.05, 0.1) is 0 Å². The highest BCUT2D eigenvalue weighted by molar-refractivity contribution is 6.30. The number of benzene rings is 1. The fourth-order valence-electron chi connectivity index (χ4n) is 1.93. The van der Waals surface area contributed by atoms with E-state index in [0.29, 0.717) is 17.9 Å². The van der Waals surface area contributed by atoms with Crippen LogP contribution in [0, 0.1) is 0 Å². The molecular weight excluding hydrogens is 250 g/mol. The van der Waals surface area contributed by atoms with E-state index in [0.717, 1.165) is 18.5 Å². The SMILES string of the molecule is CCCCC(CC)(Nc1ccc(Cl)cc1)C(=O)O. The van der Waals surface area contributed by atoms with E-state index >= 15 is 0 Å². The Kier molecular flexibility index (Phi) is 5.48. The standard InChI is InChI=1S/C14H20ClNO2/c1-3-5-10-14(4-2,13(17)18)16-12-8-6-11(15)7-9-12/h6-9,16H,3-5,10H2,1-2H3,(H,17,18). The van der Waals surface area contributed by atoms with Crippen LogP contribution < -0.4 is 5.32 Å². The van der Waals surface area contributed by atoms with Crippen LogP contribution in [-0.2, 0) is 4.79 Å². The maximum absolute atomic E-state index is 11.5. The Morgan fingerprint density at radius 3 is 2.39 bits per heavy atom. The Morgan fingerprint density at radius 2 is 1.94 bits per heavy atom. The van der Waals surface area contributed by atoms with Crippen molar-refractivity contribution in [1.82, 2.24) is 0 Å². The van der Waals surface area contributed by atoms with Crippen molar-refractivity contribution in [2.45, 2.75) is 45.1 Å². The van der Waals surface area contributed by atoms with Crippen molar-refractivity contribution < 1.29 is 9.90 Å². The summed E-state index contributed by atoms with van der Waals surface area (Å²) in [6.07, 6.45) is 3.04. The second-order valence-corrected chi connectivity index (χ2v) is 4.91. The monoisotopic (exact) mass is 269 g/mol. The Labute approximate surface area is 113 Å². The first-order valence-electron chi connectivity index (χ1n) is 6.31. The molecule has 0 radical (unpaired) electrons. The lowest BCUT2D eigenvalue weighted by Crippen LogP contribution is -2.45. The van der Waals surface area contributed by atoms with Gasteiger partial charge in [0.25, 0.3) is 0 Å². The molecule has 0 amide bonds. The van der Waals surface area contributed by atoms with E-state index in [1.807, 2.05) is 19.1 Å². The van der Waals surface area contributed by atoms with Gasteiger partial charge in [-0.15, -0.1) is 0 Å². The van der Waals surface area contributed by atoms with Crippen LogP contribution in [-0.4, -0.2) is 16.6 Å². The molecular formula is C14H20ClNO2. The van der Waals surface area contributed by atoms with Gasteiger partial charge in [0.15, 0.2) is 0 Å². The summed E-state index contributed by atoms with van der Waals surface area (Å²) in [6.45, 7) is 3.96. The van der Waals surface area contributed by atoms with Gasteiger partial charge < -0.3 is 10.4 Å². The zero-order valence-electron chi connectivity index (χ0n) is 10.9. The average molecular weight is 270 g/mol. The quantitative estimate of drug-likeness (QED) is 0.781. The number of nitrogens with one attached hydrogen (secondary N) is 1. The Balaban J connectivity index is 2.89. The number of anilines is 1. The van der Waals surface area contributed by atoms with Gasteiger partial charge in [-0.25, -0.2) is 4.79 Å². The van der Waals surface area contributed by atoms with E-state index in [1.165, 1.54) is 0 Å². The molecule has 0 saturated heterocycles. The van der Waals surface area contributed by atoms with E-state index in [1.54, 1.807) is 12.1 Å². The summed E-state index contributed by atoms with van der Waals surface area (Å²) in [4.78, 5) is 11.5. The van der Waals surface area contributed by atoms with Crippen LogP contribution in [0.2, 0.25) is 5.02 Å². The van der Waals surface area contributed by atoms with Crippen LogP contribution in [0.4, 0.5) is 5.69 Å². The molecule has 0 fully saturated rings. The number of unbranched alkanes of at least 4 members (excludes halogenated alkanes) is 1. The lowest BCUT2D eigenvalue weighted by Gasteiger charge is -2.30. The number of carboxylic acids is 1. The van der Waals surface area contributed by atoms with Gasteiger partial charge in [-0.3, -0.25) is 0 Å². The second kappa shape index (κ2) is 6.64. The van der Waals surface area contributed by atoms with Crippen LogP contribution in [0.3, 0.4) is 0 Å². The van der Waals surface area contributed by atoms with Crippen molar-refractivity contribution in [2.24, 2.45) is 0 Å². The topological polar surface area (TPSA) is 49.3 Å². The van der Waals surface area contributed by atoms with Gasteiger partial charge in [-0.2, -0.15) is 0 Å². The molecule has 2 N–H and O–H groups in total. The molecule has 0 aliphatic rings. The van der Waals surface area contributed by atoms with Crippen LogP contribution in [0.15, 0.2) is 24.3 Å². The Morgan fingerprint density at radius 1 is 1.33 bits per heavy atom. The molecule has 4 heteroatoms. The largest absolute Gasteiger partial charge is 0.480 e. The number of rotatable bonds is 7. The molecule has 0 aliphatic carbocycles. The summed E-state index contributed by atoms with van der Waals surface area (Å²) in [7, 11) is 0. The molecule has 1 unspecified atom stereocenters. The predicted molar refractivity (Wildman–Crippen MR) is 75.3 cm³/mol. The summed E-state index contributed by atoms with van der Waals surface area (Å²) in [6, 6.07) is 7.13. The van der Waals surface area contributed by atoms with Gasteiger partial charge in [0, 0.05) is 10.7 Å². The lowest BCUT2D eigenvalue weighted by molar-refractivity contribution is -0.142. The molecule has 0 bridgehead atoms. The number of carboxylic acid groups (broad SMARTS) is 1. The molecule has 0 saturated carbocycles. The first kappa shape index (κ1) is 14.8. The predicted octanol–water partition coefficient (Wildman–Crippen LogP) is 4.18. The van der Waals surface area contributed by atoms with Gasteiger partial charge in [0.2, 0.25) is 0 Å². The summed E-state index contributed by atoms with van der Waals surface area (Å²) in [5.41, 5.74) is -0.0936. The Bertz CT molecular complexity index is 391.